The summed E-state index contributed by atoms with van der Waals surface area (Å²) in [4.78, 5) is 13.3. The summed E-state index contributed by atoms with van der Waals surface area (Å²) in [6.07, 6.45) is -1.97. The Morgan fingerprint density at radius 2 is 1.81 bits per heavy atom. The van der Waals surface area contributed by atoms with E-state index >= 15 is 0 Å². The molecule has 0 atom stereocenters. The number of carboxylic acid groups (broad SMARTS) is 1. The topological polar surface area (TPSA) is 87.6 Å². The third-order valence-electron chi connectivity index (χ3n) is 2.29. The van der Waals surface area contributed by atoms with Crippen LogP contribution in [0.3, 0.4) is 0 Å². The summed E-state index contributed by atoms with van der Waals surface area (Å²) in [5.41, 5.74) is 1.16. The van der Waals surface area contributed by atoms with Crippen molar-refractivity contribution in [3.63, 3.8) is 0 Å². The van der Waals surface area contributed by atoms with Gasteiger partial charge in [-0.2, -0.15) is 0 Å². The van der Waals surface area contributed by atoms with Crippen molar-refractivity contribution in [2.75, 3.05) is 4.31 Å². The first-order valence-electron chi connectivity index (χ1n) is 5.06. The van der Waals surface area contributed by atoms with Crippen LogP contribution in [0.2, 0.25) is 0 Å². The highest BCUT2D eigenvalue weighted by Crippen LogP contribution is 2.26. The van der Waals surface area contributed by atoms with Gasteiger partial charge in [0.15, 0.2) is 17.5 Å². The van der Waals surface area contributed by atoms with Gasteiger partial charge in [-0.3, -0.25) is 0 Å². The maximum atomic E-state index is 13.6. The minimum atomic E-state index is -5.00. The molecular formula is C10H5F3N2O4S2. The first-order valence-corrected chi connectivity index (χ1v) is 7.44. The molecule has 112 valence electrons. The van der Waals surface area contributed by atoms with Crippen molar-refractivity contribution in [1.82, 2.24) is 4.98 Å². The Morgan fingerprint density at radius 1 is 1.19 bits per heavy atom. The summed E-state index contributed by atoms with van der Waals surface area (Å²) in [6.45, 7) is 0. The van der Waals surface area contributed by atoms with Crippen LogP contribution in [-0.4, -0.2) is 24.6 Å². The Kier molecular flexibility index (Phi) is 3.87. The van der Waals surface area contributed by atoms with Crippen molar-refractivity contribution in [3.05, 3.63) is 40.5 Å². The normalized spacial score (nSPS) is 11.4. The summed E-state index contributed by atoms with van der Waals surface area (Å²) in [5, 5.41) is 10.1. The number of hydrogen-bond donors (Lipinski definition) is 1. The molecule has 1 amide bonds. The second kappa shape index (κ2) is 5.33. The van der Waals surface area contributed by atoms with Crippen molar-refractivity contribution in [2.45, 2.75) is 4.90 Å². The lowest BCUT2D eigenvalue weighted by molar-refractivity contribution is 0.206. The molecule has 0 spiro atoms. The third kappa shape index (κ3) is 2.69. The van der Waals surface area contributed by atoms with Crippen LogP contribution in [0.4, 0.5) is 23.8 Å². The zero-order valence-electron chi connectivity index (χ0n) is 9.83. The SMILES string of the molecule is O=C(O)N(c1cscn1)S(=O)(=O)c1cc(F)c(F)cc1F. The average Bonchev–Trinajstić information content (AvgIpc) is 2.86. The fourth-order valence-corrected chi connectivity index (χ4v) is 3.32. The van der Waals surface area contributed by atoms with Gasteiger partial charge >= 0.3 is 6.09 Å². The van der Waals surface area contributed by atoms with Gasteiger partial charge in [0.05, 0.1) is 5.51 Å². The van der Waals surface area contributed by atoms with E-state index in [2.05, 4.69) is 4.98 Å². The Balaban J connectivity index is 2.65. The summed E-state index contributed by atoms with van der Waals surface area (Å²) in [7, 11) is -5.00. The molecule has 0 saturated carbocycles. The first kappa shape index (κ1) is 15.3. The fraction of sp³-hybridized carbons (Fsp3) is 0. The number of nitrogens with zero attached hydrogens (tertiary/aromatic N) is 2. The quantitative estimate of drug-likeness (QED) is 0.869. The molecule has 0 aliphatic rings. The van der Waals surface area contributed by atoms with Gasteiger partial charge in [0, 0.05) is 17.5 Å². The third-order valence-corrected chi connectivity index (χ3v) is 4.56. The van der Waals surface area contributed by atoms with E-state index in [9.17, 15) is 26.4 Å². The second-order valence-corrected chi connectivity index (χ2v) is 6.07. The lowest BCUT2D eigenvalue weighted by Crippen LogP contribution is -2.36. The summed E-state index contributed by atoms with van der Waals surface area (Å²) in [5.74, 6) is -5.34. The van der Waals surface area contributed by atoms with Gasteiger partial charge in [0.25, 0.3) is 10.0 Å². The van der Waals surface area contributed by atoms with Crippen LogP contribution in [0, 0.1) is 17.5 Å². The van der Waals surface area contributed by atoms with E-state index in [4.69, 9.17) is 5.11 Å². The fourth-order valence-electron chi connectivity index (χ4n) is 1.43. The standard InChI is InChI=1S/C10H5F3N2O4S2/c11-5-1-7(13)8(2-6(5)12)21(18,19)15(10(16)17)9-3-20-4-14-9/h1-4H,(H,16,17). The van der Waals surface area contributed by atoms with Gasteiger partial charge in [0.1, 0.15) is 10.7 Å². The summed E-state index contributed by atoms with van der Waals surface area (Å²) >= 11 is 0.898. The zero-order valence-corrected chi connectivity index (χ0v) is 11.5. The average molecular weight is 338 g/mol. The molecule has 0 aliphatic heterocycles. The van der Waals surface area contributed by atoms with Crippen LogP contribution >= 0.6 is 11.3 Å². The molecule has 0 fully saturated rings. The summed E-state index contributed by atoms with van der Waals surface area (Å²) in [6, 6.07) is 0.0889. The highest BCUT2D eigenvalue weighted by Gasteiger charge is 2.35. The molecule has 0 aliphatic carbocycles. The van der Waals surface area contributed by atoms with Crippen molar-refractivity contribution < 1.29 is 31.5 Å². The maximum Gasteiger partial charge on any atom is 0.427 e. The smallest absolute Gasteiger partial charge is 0.427 e. The van der Waals surface area contributed by atoms with Gasteiger partial charge in [0.2, 0.25) is 0 Å². The van der Waals surface area contributed by atoms with Crippen molar-refractivity contribution in [2.24, 2.45) is 0 Å². The molecule has 0 unspecified atom stereocenters. The molecule has 11 heteroatoms. The molecule has 1 N–H and O–H groups in total. The molecule has 0 saturated heterocycles. The van der Waals surface area contributed by atoms with Crippen LogP contribution in [0.15, 0.2) is 27.9 Å². The monoisotopic (exact) mass is 338 g/mol. The highest BCUT2D eigenvalue weighted by atomic mass is 32.2. The molecule has 0 bridgehead atoms. The Hall–Kier alpha value is -2.14. The molecule has 1 aromatic carbocycles. The van der Waals surface area contributed by atoms with E-state index in [-0.39, 0.29) is 16.4 Å². The molecule has 2 aromatic rings. The number of hydrogen-bond acceptors (Lipinski definition) is 5. The van der Waals surface area contributed by atoms with Crippen LogP contribution in [0.5, 0.6) is 0 Å². The Morgan fingerprint density at radius 3 is 2.33 bits per heavy atom. The van der Waals surface area contributed by atoms with Crippen LogP contribution in [0.1, 0.15) is 0 Å². The van der Waals surface area contributed by atoms with E-state index in [0.29, 0.717) is 0 Å². The van der Waals surface area contributed by atoms with Crippen molar-refractivity contribution in [1.29, 1.82) is 0 Å². The molecule has 6 nitrogen and oxygen atoms in total. The van der Waals surface area contributed by atoms with Gasteiger partial charge in [-0.15, -0.1) is 15.6 Å². The highest BCUT2D eigenvalue weighted by molar-refractivity contribution is 7.93. The first-order chi connectivity index (χ1) is 9.75. The van der Waals surface area contributed by atoms with Gasteiger partial charge < -0.3 is 5.11 Å². The van der Waals surface area contributed by atoms with Gasteiger partial charge in [-0.1, -0.05) is 0 Å². The molecule has 0 radical (unpaired) electrons. The molecule has 21 heavy (non-hydrogen) atoms. The molecule has 1 heterocycles. The van der Waals surface area contributed by atoms with E-state index < -0.39 is 44.3 Å². The number of benzene rings is 1. The number of thiazole rings is 1. The maximum absolute atomic E-state index is 13.6. The Bertz CT molecular complexity index is 793. The van der Waals surface area contributed by atoms with Crippen molar-refractivity contribution in [3.8, 4) is 0 Å². The lowest BCUT2D eigenvalue weighted by Gasteiger charge is -2.17. The van der Waals surface area contributed by atoms with Crippen molar-refractivity contribution >= 4 is 33.3 Å². The number of carbonyl (C=O) groups is 1. The van der Waals surface area contributed by atoms with E-state index in [1.807, 2.05) is 0 Å². The minimum Gasteiger partial charge on any atom is -0.464 e. The van der Waals surface area contributed by atoms with E-state index in [1.165, 1.54) is 0 Å². The van der Waals surface area contributed by atoms with Crippen LogP contribution in [0.25, 0.3) is 0 Å². The van der Waals surface area contributed by atoms with Gasteiger partial charge in [-0.05, 0) is 0 Å². The van der Waals surface area contributed by atoms with E-state index in [0.717, 1.165) is 22.2 Å². The molecular weight excluding hydrogens is 333 g/mol. The number of amides is 1. The largest absolute Gasteiger partial charge is 0.464 e. The second-order valence-electron chi connectivity index (χ2n) is 3.60. The predicted octanol–water partition coefficient (Wildman–Crippen LogP) is 2.43. The van der Waals surface area contributed by atoms with Gasteiger partial charge in [-0.25, -0.2) is 31.4 Å². The molecule has 1 aromatic heterocycles. The number of aromatic nitrogens is 1. The van der Waals surface area contributed by atoms with E-state index in [1.54, 1.807) is 0 Å². The predicted molar refractivity (Wildman–Crippen MR) is 66.1 cm³/mol. The zero-order chi connectivity index (χ0) is 15.8. The number of rotatable bonds is 3. The molecule has 2 rings (SSSR count). The number of halogens is 3. The summed E-state index contributed by atoms with van der Waals surface area (Å²) < 4.78 is 63.6. The number of sulfonamides is 1. The minimum absolute atomic E-state index is 0.0172. The lowest BCUT2D eigenvalue weighted by atomic mass is 10.3. The van der Waals surface area contributed by atoms with Crippen LogP contribution in [-0.2, 0) is 10.0 Å². The van der Waals surface area contributed by atoms with Crippen LogP contribution < -0.4 is 4.31 Å². The number of anilines is 1. The Labute approximate surface area is 120 Å².